The van der Waals surface area contributed by atoms with Gasteiger partial charge in [0.25, 0.3) is 0 Å². The van der Waals surface area contributed by atoms with Crippen LogP contribution in [-0.4, -0.2) is 48.6 Å². The van der Waals surface area contributed by atoms with E-state index in [0.717, 1.165) is 24.4 Å². The number of nitrogens with zero attached hydrogens (tertiary/aromatic N) is 2. The van der Waals surface area contributed by atoms with Crippen LogP contribution in [0.4, 0.5) is 0 Å². The minimum absolute atomic E-state index is 0.931. The summed E-state index contributed by atoms with van der Waals surface area (Å²) in [6, 6.07) is 11.6. The molecule has 0 spiro atoms. The monoisotopic (exact) mass is 296 g/mol. The number of fused-ring (bicyclic) bond motifs is 2. The number of benzene rings is 1. The zero-order valence-corrected chi connectivity index (χ0v) is 13.5. The third kappa shape index (κ3) is 3.13. The SMILES string of the molecule is C(=C/c1ccccc1)/CN1CCN([C@@H]2C[C@H]3CC[C@H]2C3)CC1. The van der Waals surface area contributed by atoms with Crippen molar-refractivity contribution in [3.05, 3.63) is 42.0 Å². The number of hydrogen-bond donors (Lipinski definition) is 0. The van der Waals surface area contributed by atoms with E-state index in [4.69, 9.17) is 0 Å². The van der Waals surface area contributed by atoms with E-state index in [1.807, 2.05) is 0 Å². The molecule has 0 radical (unpaired) electrons. The third-order valence-corrected chi connectivity index (χ3v) is 6.05. The van der Waals surface area contributed by atoms with Crippen LogP contribution in [0.2, 0.25) is 0 Å². The number of piperazine rings is 1. The van der Waals surface area contributed by atoms with Gasteiger partial charge in [-0.3, -0.25) is 9.80 Å². The van der Waals surface area contributed by atoms with Crippen molar-refractivity contribution in [3.8, 4) is 0 Å². The van der Waals surface area contributed by atoms with Crippen molar-refractivity contribution in [2.45, 2.75) is 31.7 Å². The molecule has 2 heteroatoms. The molecule has 0 aromatic heterocycles. The topological polar surface area (TPSA) is 6.48 Å². The third-order valence-electron chi connectivity index (χ3n) is 6.05. The van der Waals surface area contributed by atoms with Gasteiger partial charge in [0, 0.05) is 38.8 Å². The molecular weight excluding hydrogens is 268 g/mol. The lowest BCUT2D eigenvalue weighted by atomic mass is 9.93. The molecule has 4 rings (SSSR count). The summed E-state index contributed by atoms with van der Waals surface area (Å²) >= 11 is 0. The van der Waals surface area contributed by atoms with Gasteiger partial charge in [-0.05, 0) is 36.7 Å². The fourth-order valence-corrected chi connectivity index (χ4v) is 4.84. The van der Waals surface area contributed by atoms with Crippen molar-refractivity contribution in [3.63, 3.8) is 0 Å². The predicted molar refractivity (Wildman–Crippen MR) is 92.7 cm³/mol. The molecule has 2 aliphatic carbocycles. The van der Waals surface area contributed by atoms with Crippen LogP contribution >= 0.6 is 0 Å². The molecule has 1 aromatic carbocycles. The lowest BCUT2D eigenvalue weighted by molar-refractivity contribution is 0.0765. The first-order valence-electron chi connectivity index (χ1n) is 9.06. The van der Waals surface area contributed by atoms with Crippen molar-refractivity contribution in [2.75, 3.05) is 32.7 Å². The van der Waals surface area contributed by atoms with E-state index in [1.54, 1.807) is 0 Å². The molecular formula is C20H28N2. The van der Waals surface area contributed by atoms with Gasteiger partial charge in [0.05, 0.1) is 0 Å². The predicted octanol–water partition coefficient (Wildman–Crippen LogP) is 3.51. The van der Waals surface area contributed by atoms with Gasteiger partial charge >= 0.3 is 0 Å². The van der Waals surface area contributed by atoms with E-state index in [0.29, 0.717) is 0 Å². The van der Waals surface area contributed by atoms with E-state index in [9.17, 15) is 0 Å². The van der Waals surface area contributed by atoms with Crippen LogP contribution in [0.15, 0.2) is 36.4 Å². The first-order chi connectivity index (χ1) is 10.9. The first kappa shape index (κ1) is 14.5. The van der Waals surface area contributed by atoms with Crippen LogP contribution in [-0.2, 0) is 0 Å². The molecule has 0 amide bonds. The van der Waals surface area contributed by atoms with E-state index in [2.05, 4.69) is 52.3 Å². The Hall–Kier alpha value is -1.12. The van der Waals surface area contributed by atoms with Crippen molar-refractivity contribution >= 4 is 6.08 Å². The fraction of sp³-hybridized carbons (Fsp3) is 0.600. The molecule has 0 unspecified atom stereocenters. The zero-order valence-electron chi connectivity index (χ0n) is 13.5. The van der Waals surface area contributed by atoms with Crippen LogP contribution < -0.4 is 0 Å². The van der Waals surface area contributed by atoms with Crippen molar-refractivity contribution in [2.24, 2.45) is 11.8 Å². The molecule has 3 atom stereocenters. The Morgan fingerprint density at radius 2 is 1.77 bits per heavy atom. The van der Waals surface area contributed by atoms with Gasteiger partial charge < -0.3 is 0 Å². The van der Waals surface area contributed by atoms with Crippen LogP contribution in [0, 0.1) is 11.8 Å². The lowest BCUT2D eigenvalue weighted by Crippen LogP contribution is -2.51. The molecule has 1 heterocycles. The maximum absolute atomic E-state index is 2.81. The number of rotatable bonds is 4. The molecule has 2 bridgehead atoms. The summed E-state index contributed by atoms with van der Waals surface area (Å²) in [5.41, 5.74) is 1.31. The van der Waals surface area contributed by atoms with Crippen LogP contribution in [0.5, 0.6) is 0 Å². The van der Waals surface area contributed by atoms with Gasteiger partial charge in [-0.25, -0.2) is 0 Å². The Labute approximate surface area is 134 Å². The van der Waals surface area contributed by atoms with Crippen LogP contribution in [0.25, 0.3) is 6.08 Å². The Morgan fingerprint density at radius 3 is 2.45 bits per heavy atom. The van der Waals surface area contributed by atoms with Crippen molar-refractivity contribution < 1.29 is 0 Å². The smallest absolute Gasteiger partial charge is 0.0167 e. The normalized spacial score (nSPS) is 33.0. The highest BCUT2D eigenvalue weighted by atomic mass is 15.3. The van der Waals surface area contributed by atoms with Gasteiger partial charge in [-0.15, -0.1) is 0 Å². The average molecular weight is 296 g/mol. The summed E-state index contributed by atoms with van der Waals surface area (Å²) in [5, 5.41) is 0. The Kier molecular flexibility index (Phi) is 4.31. The highest BCUT2D eigenvalue weighted by Gasteiger charge is 2.42. The Bertz CT molecular complexity index is 502. The molecule has 3 aliphatic rings. The molecule has 3 fully saturated rings. The van der Waals surface area contributed by atoms with Gasteiger partial charge in [0.2, 0.25) is 0 Å². The summed E-state index contributed by atoms with van der Waals surface area (Å²) in [6.07, 6.45) is 10.6. The maximum atomic E-state index is 2.81. The van der Waals surface area contributed by atoms with Gasteiger partial charge in [0.15, 0.2) is 0 Å². The Morgan fingerprint density at radius 1 is 0.955 bits per heavy atom. The molecule has 0 N–H and O–H groups in total. The van der Waals surface area contributed by atoms with E-state index < -0.39 is 0 Å². The summed E-state index contributed by atoms with van der Waals surface area (Å²) in [7, 11) is 0. The second kappa shape index (κ2) is 6.55. The molecule has 1 aliphatic heterocycles. The summed E-state index contributed by atoms with van der Waals surface area (Å²) in [5.74, 6) is 2.11. The molecule has 1 saturated heterocycles. The average Bonchev–Trinajstić information content (AvgIpc) is 3.20. The number of hydrogen-bond acceptors (Lipinski definition) is 2. The van der Waals surface area contributed by atoms with E-state index in [1.165, 1.54) is 57.4 Å². The Balaban J connectivity index is 1.23. The van der Waals surface area contributed by atoms with Crippen LogP contribution in [0.1, 0.15) is 31.2 Å². The molecule has 2 saturated carbocycles. The molecule has 118 valence electrons. The van der Waals surface area contributed by atoms with Crippen molar-refractivity contribution in [1.82, 2.24) is 9.80 Å². The largest absolute Gasteiger partial charge is 0.298 e. The molecule has 2 nitrogen and oxygen atoms in total. The highest BCUT2D eigenvalue weighted by Crippen LogP contribution is 2.46. The quantitative estimate of drug-likeness (QED) is 0.839. The molecule has 1 aromatic rings. The van der Waals surface area contributed by atoms with E-state index >= 15 is 0 Å². The lowest BCUT2D eigenvalue weighted by Gasteiger charge is -2.40. The fourth-order valence-electron chi connectivity index (χ4n) is 4.84. The maximum Gasteiger partial charge on any atom is 0.0167 e. The second-order valence-electron chi connectivity index (χ2n) is 7.39. The van der Waals surface area contributed by atoms with Crippen molar-refractivity contribution in [1.29, 1.82) is 0 Å². The standard InChI is InChI=1S/C20H28N2/c1-2-5-17(6-3-1)7-4-10-21-11-13-22(14-12-21)20-16-18-8-9-19(20)15-18/h1-7,18-20H,8-16H2/b7-4-/t18-,19-,20+/m0/s1. The van der Waals surface area contributed by atoms with Gasteiger partial charge in [-0.1, -0.05) is 48.9 Å². The van der Waals surface area contributed by atoms with E-state index in [-0.39, 0.29) is 0 Å². The molecule has 22 heavy (non-hydrogen) atoms. The summed E-state index contributed by atoms with van der Waals surface area (Å²) in [6.45, 7) is 6.15. The minimum atomic E-state index is 0.931. The highest BCUT2D eigenvalue weighted by molar-refractivity contribution is 5.48. The summed E-state index contributed by atoms with van der Waals surface area (Å²) in [4.78, 5) is 5.41. The first-order valence-corrected chi connectivity index (χ1v) is 9.06. The van der Waals surface area contributed by atoms with Gasteiger partial charge in [0.1, 0.15) is 0 Å². The zero-order chi connectivity index (χ0) is 14.8. The minimum Gasteiger partial charge on any atom is -0.298 e. The summed E-state index contributed by atoms with van der Waals surface area (Å²) < 4.78 is 0. The second-order valence-corrected chi connectivity index (χ2v) is 7.39. The van der Waals surface area contributed by atoms with Crippen LogP contribution in [0.3, 0.4) is 0 Å². The van der Waals surface area contributed by atoms with Gasteiger partial charge in [-0.2, -0.15) is 0 Å².